The van der Waals surface area contributed by atoms with E-state index < -0.39 is 26.5 Å². The first-order valence-electron chi connectivity index (χ1n) is 33.1. The van der Waals surface area contributed by atoms with Crippen molar-refractivity contribution in [3.05, 3.63) is 85.1 Å². The zero-order valence-electron chi connectivity index (χ0n) is 51.3. The van der Waals surface area contributed by atoms with Gasteiger partial charge in [0.2, 0.25) is 0 Å². The van der Waals surface area contributed by atoms with Crippen LogP contribution in [0.5, 0.6) is 0 Å². The van der Waals surface area contributed by atoms with E-state index in [1.165, 1.54) is 193 Å². The molecule has 2 unspecified atom stereocenters. The van der Waals surface area contributed by atoms with Gasteiger partial charge in [0.15, 0.2) is 6.10 Å². The smallest absolute Gasteiger partial charge is 0.462 e. The SMILES string of the molecule is CC/C=C\C/C=C\C/C=C\C/C=C\C/C=C\CCCCCCCCCC(=O)OC(COC(=O)CCCCCCCCCCCCCCCCCCCCCCCCC/C=C\C/C=C\CCCCCCC)COP(=O)(O)OCCN. The molecule has 0 amide bonds. The summed E-state index contributed by atoms with van der Waals surface area (Å²) in [6.07, 6.45) is 85.3. The Morgan fingerprint density at radius 3 is 1.04 bits per heavy atom. The standard InChI is InChI=1S/C69H124NO8P/c1-3-5-7-9-11-13-15-17-19-21-23-25-27-28-29-30-31-32-33-34-35-36-37-38-40-41-43-45-47-49-51-53-55-57-59-61-68(71)75-65-67(66-77-79(73,74)76-64-63-70)78-69(72)62-60-58-56-54-52-50-48-46-44-42-39-26-24-22-20-18-16-14-12-10-8-6-4-2/h6,8,12,14-15,17-18,20-21,23-24,26,42,44,67H,3-5,7,9-11,13,16,19,22,25,27-41,43,45-66,70H2,1-2H3,(H,73,74)/b8-6-,14-12-,17-15-,20-18-,23-21-,26-24-,44-42-. The third-order valence-electron chi connectivity index (χ3n) is 14.3. The average molecular weight is 1130 g/mol. The van der Waals surface area contributed by atoms with Crippen LogP contribution in [0.15, 0.2) is 85.1 Å². The summed E-state index contributed by atoms with van der Waals surface area (Å²) in [5.41, 5.74) is 5.39. The van der Waals surface area contributed by atoms with Crippen LogP contribution in [0.3, 0.4) is 0 Å². The lowest BCUT2D eigenvalue weighted by Crippen LogP contribution is -2.29. The number of hydrogen-bond acceptors (Lipinski definition) is 8. The minimum atomic E-state index is -4.40. The Morgan fingerprint density at radius 2 is 0.696 bits per heavy atom. The highest BCUT2D eigenvalue weighted by Gasteiger charge is 2.26. The fraction of sp³-hybridized carbons (Fsp3) is 0.768. The number of phosphoric ester groups is 1. The van der Waals surface area contributed by atoms with Crippen molar-refractivity contribution in [2.24, 2.45) is 5.73 Å². The fourth-order valence-electron chi connectivity index (χ4n) is 9.40. The number of allylic oxidation sites excluding steroid dienone is 14. The molecule has 0 aromatic carbocycles. The molecule has 0 saturated heterocycles. The van der Waals surface area contributed by atoms with Crippen molar-refractivity contribution in [2.75, 3.05) is 26.4 Å². The molecule has 0 aliphatic carbocycles. The summed E-state index contributed by atoms with van der Waals surface area (Å²) < 4.78 is 33.1. The quantitative estimate of drug-likeness (QED) is 0.0264. The first-order valence-corrected chi connectivity index (χ1v) is 34.6. The Bertz CT molecular complexity index is 1570. The van der Waals surface area contributed by atoms with Crippen LogP contribution in [0.2, 0.25) is 0 Å². The van der Waals surface area contributed by atoms with E-state index >= 15 is 0 Å². The van der Waals surface area contributed by atoms with E-state index in [2.05, 4.69) is 98.9 Å². The van der Waals surface area contributed by atoms with Gasteiger partial charge in [0.1, 0.15) is 6.61 Å². The molecule has 79 heavy (non-hydrogen) atoms. The molecular formula is C69H124NO8P. The molecule has 0 heterocycles. The number of esters is 2. The number of ether oxygens (including phenoxy) is 2. The van der Waals surface area contributed by atoms with Gasteiger partial charge >= 0.3 is 19.8 Å². The molecular weight excluding hydrogens is 1000 g/mol. The Labute approximate surface area is 487 Å². The van der Waals surface area contributed by atoms with Gasteiger partial charge in [-0.1, -0.05) is 292 Å². The van der Waals surface area contributed by atoms with Gasteiger partial charge in [0, 0.05) is 19.4 Å². The Morgan fingerprint density at radius 1 is 0.392 bits per heavy atom. The van der Waals surface area contributed by atoms with Gasteiger partial charge in [-0.25, -0.2) is 4.57 Å². The molecule has 0 fully saturated rings. The lowest BCUT2D eigenvalue weighted by molar-refractivity contribution is -0.161. The van der Waals surface area contributed by atoms with E-state index in [1.54, 1.807) is 0 Å². The summed E-state index contributed by atoms with van der Waals surface area (Å²) in [6.45, 7) is 3.64. The summed E-state index contributed by atoms with van der Waals surface area (Å²) >= 11 is 0. The topological polar surface area (TPSA) is 134 Å². The molecule has 0 bridgehead atoms. The van der Waals surface area contributed by atoms with Crippen LogP contribution >= 0.6 is 7.82 Å². The molecule has 458 valence electrons. The van der Waals surface area contributed by atoms with E-state index in [4.69, 9.17) is 24.3 Å². The highest BCUT2D eigenvalue weighted by atomic mass is 31.2. The molecule has 0 spiro atoms. The van der Waals surface area contributed by atoms with Crippen LogP contribution in [0.25, 0.3) is 0 Å². The zero-order chi connectivity index (χ0) is 57.3. The summed E-state index contributed by atoms with van der Waals surface area (Å²) in [7, 11) is -4.40. The highest BCUT2D eigenvalue weighted by molar-refractivity contribution is 7.47. The molecule has 10 heteroatoms. The highest BCUT2D eigenvalue weighted by Crippen LogP contribution is 2.43. The molecule has 0 saturated carbocycles. The number of phosphoric acid groups is 1. The monoisotopic (exact) mass is 1130 g/mol. The van der Waals surface area contributed by atoms with Crippen molar-refractivity contribution in [2.45, 2.75) is 315 Å². The van der Waals surface area contributed by atoms with Crippen LogP contribution in [0, 0.1) is 0 Å². The van der Waals surface area contributed by atoms with Crippen molar-refractivity contribution in [3.8, 4) is 0 Å². The maximum absolute atomic E-state index is 12.7. The number of carbonyl (C=O) groups is 2. The molecule has 0 rings (SSSR count). The fourth-order valence-corrected chi connectivity index (χ4v) is 10.2. The van der Waals surface area contributed by atoms with Gasteiger partial charge in [0.25, 0.3) is 0 Å². The normalized spacial score (nSPS) is 13.5. The molecule has 0 aromatic rings. The van der Waals surface area contributed by atoms with Gasteiger partial charge in [-0.2, -0.15) is 0 Å². The van der Waals surface area contributed by atoms with Crippen molar-refractivity contribution >= 4 is 19.8 Å². The number of carbonyl (C=O) groups excluding carboxylic acids is 2. The first-order chi connectivity index (χ1) is 38.8. The van der Waals surface area contributed by atoms with Crippen molar-refractivity contribution in [3.63, 3.8) is 0 Å². The predicted octanol–water partition coefficient (Wildman–Crippen LogP) is 21.4. The Kier molecular flexibility index (Phi) is 62.1. The van der Waals surface area contributed by atoms with E-state index in [9.17, 15) is 19.0 Å². The largest absolute Gasteiger partial charge is 0.472 e. The van der Waals surface area contributed by atoms with Crippen LogP contribution in [-0.4, -0.2) is 49.3 Å². The Hall–Kier alpha value is -2.81. The molecule has 0 aromatic heterocycles. The minimum absolute atomic E-state index is 0.0490. The maximum atomic E-state index is 12.7. The predicted molar refractivity (Wildman–Crippen MR) is 339 cm³/mol. The van der Waals surface area contributed by atoms with E-state index in [0.29, 0.717) is 6.42 Å². The third kappa shape index (κ3) is 64.2. The van der Waals surface area contributed by atoms with Crippen LogP contribution in [0.4, 0.5) is 0 Å². The van der Waals surface area contributed by atoms with E-state index in [0.717, 1.165) is 83.5 Å². The van der Waals surface area contributed by atoms with Crippen LogP contribution in [0.1, 0.15) is 309 Å². The van der Waals surface area contributed by atoms with Gasteiger partial charge in [-0.3, -0.25) is 18.6 Å². The number of nitrogens with two attached hydrogens (primary N) is 1. The second-order valence-electron chi connectivity index (χ2n) is 22.0. The number of rotatable bonds is 62. The Balaban J connectivity index is 3.86. The van der Waals surface area contributed by atoms with Gasteiger partial charge in [-0.15, -0.1) is 0 Å². The van der Waals surface area contributed by atoms with Gasteiger partial charge in [-0.05, 0) is 89.9 Å². The lowest BCUT2D eigenvalue weighted by Gasteiger charge is -2.19. The first kappa shape index (κ1) is 76.2. The minimum Gasteiger partial charge on any atom is -0.462 e. The molecule has 2 atom stereocenters. The zero-order valence-corrected chi connectivity index (χ0v) is 52.2. The molecule has 0 radical (unpaired) electrons. The summed E-state index contributed by atoms with van der Waals surface area (Å²) in [6, 6.07) is 0. The number of unbranched alkanes of at least 4 members (excludes halogenated alkanes) is 35. The third-order valence-corrected chi connectivity index (χ3v) is 15.2. The van der Waals surface area contributed by atoms with E-state index in [-0.39, 0.29) is 38.6 Å². The lowest BCUT2D eigenvalue weighted by atomic mass is 10.0. The molecule has 0 aliphatic heterocycles. The maximum Gasteiger partial charge on any atom is 0.472 e. The van der Waals surface area contributed by atoms with Crippen LogP contribution < -0.4 is 5.73 Å². The second kappa shape index (κ2) is 64.4. The van der Waals surface area contributed by atoms with E-state index in [1.807, 2.05) is 0 Å². The van der Waals surface area contributed by atoms with Crippen molar-refractivity contribution in [1.82, 2.24) is 0 Å². The average Bonchev–Trinajstić information content (AvgIpc) is 3.44. The molecule has 0 aliphatic rings. The van der Waals surface area contributed by atoms with Crippen LogP contribution in [-0.2, 0) is 32.7 Å². The van der Waals surface area contributed by atoms with Gasteiger partial charge < -0.3 is 20.1 Å². The molecule has 9 nitrogen and oxygen atoms in total. The van der Waals surface area contributed by atoms with Crippen molar-refractivity contribution < 1.29 is 37.6 Å². The second-order valence-corrected chi connectivity index (χ2v) is 23.4. The summed E-state index contributed by atoms with van der Waals surface area (Å²) in [4.78, 5) is 35.3. The molecule has 3 N–H and O–H groups in total. The summed E-state index contributed by atoms with van der Waals surface area (Å²) in [5.74, 6) is -0.832. The summed E-state index contributed by atoms with van der Waals surface area (Å²) in [5, 5.41) is 0. The van der Waals surface area contributed by atoms with Crippen molar-refractivity contribution in [1.29, 1.82) is 0 Å². The number of hydrogen-bond donors (Lipinski definition) is 2. The van der Waals surface area contributed by atoms with Gasteiger partial charge in [0.05, 0.1) is 13.2 Å².